The van der Waals surface area contributed by atoms with Gasteiger partial charge in [-0.3, -0.25) is 4.79 Å². The molecule has 1 aliphatic heterocycles. The third kappa shape index (κ3) is 3.97. The Hall–Kier alpha value is -1.12. The molecule has 0 aliphatic carbocycles. The number of amides is 1. The van der Waals surface area contributed by atoms with Crippen LogP contribution in [0.25, 0.3) is 0 Å². The lowest BCUT2D eigenvalue weighted by molar-refractivity contribution is -0.138. The van der Waals surface area contributed by atoms with E-state index in [2.05, 4.69) is 6.07 Å². The molecule has 0 aromatic carbocycles. The summed E-state index contributed by atoms with van der Waals surface area (Å²) in [5.41, 5.74) is 0. The van der Waals surface area contributed by atoms with Gasteiger partial charge >= 0.3 is 0 Å². The van der Waals surface area contributed by atoms with E-state index >= 15 is 0 Å². The molecular formula is C13H22N2O3. The first-order valence-corrected chi connectivity index (χ1v) is 6.50. The zero-order valence-corrected chi connectivity index (χ0v) is 11.2. The van der Waals surface area contributed by atoms with E-state index < -0.39 is 0 Å². The summed E-state index contributed by atoms with van der Waals surface area (Å²) in [6.45, 7) is 4.22. The Bertz CT molecular complexity index is 301. The molecule has 1 rings (SSSR count). The first-order chi connectivity index (χ1) is 8.74. The smallest absolute Gasteiger partial charge is 0.228 e. The fraction of sp³-hybridized carbons (Fsp3) is 0.846. The van der Waals surface area contributed by atoms with Gasteiger partial charge in [0.05, 0.1) is 31.1 Å². The molecule has 0 spiro atoms. The summed E-state index contributed by atoms with van der Waals surface area (Å²) in [7, 11) is 1.61. The van der Waals surface area contributed by atoms with Gasteiger partial charge in [-0.25, -0.2) is 0 Å². The highest BCUT2D eigenvalue weighted by Gasteiger charge is 2.35. The first kappa shape index (κ1) is 14.9. The lowest BCUT2D eigenvalue weighted by Crippen LogP contribution is -2.41. The number of carbonyl (C=O) groups excluding carboxylic acids is 1. The fourth-order valence-electron chi connectivity index (χ4n) is 2.29. The minimum Gasteiger partial charge on any atom is -0.383 e. The molecule has 0 saturated carbocycles. The van der Waals surface area contributed by atoms with E-state index in [0.717, 1.165) is 12.8 Å². The van der Waals surface area contributed by atoms with Crippen molar-refractivity contribution in [2.24, 2.45) is 5.92 Å². The Kier molecular flexibility index (Phi) is 6.69. The predicted octanol–water partition coefficient (Wildman–Crippen LogP) is 1.19. The van der Waals surface area contributed by atoms with E-state index in [1.165, 1.54) is 0 Å². The molecule has 0 N–H and O–H groups in total. The van der Waals surface area contributed by atoms with Crippen LogP contribution in [0, 0.1) is 17.2 Å². The minimum atomic E-state index is -0.0504. The van der Waals surface area contributed by atoms with Crippen molar-refractivity contribution in [1.82, 2.24) is 4.90 Å². The van der Waals surface area contributed by atoms with Gasteiger partial charge in [0, 0.05) is 26.8 Å². The van der Waals surface area contributed by atoms with Crippen molar-refractivity contribution < 1.29 is 14.3 Å². The molecule has 1 amide bonds. The van der Waals surface area contributed by atoms with Crippen LogP contribution in [0.5, 0.6) is 0 Å². The monoisotopic (exact) mass is 254 g/mol. The molecule has 5 nitrogen and oxygen atoms in total. The molecule has 1 heterocycles. The van der Waals surface area contributed by atoms with Crippen molar-refractivity contribution in [2.75, 3.05) is 33.4 Å². The summed E-state index contributed by atoms with van der Waals surface area (Å²) in [6, 6.07) is 2.08. The van der Waals surface area contributed by atoms with Gasteiger partial charge < -0.3 is 14.4 Å². The minimum absolute atomic E-state index is 0.0321. The Morgan fingerprint density at radius 2 is 2.33 bits per heavy atom. The number of nitriles is 1. The molecule has 0 bridgehead atoms. The lowest BCUT2D eigenvalue weighted by Gasteiger charge is -2.26. The van der Waals surface area contributed by atoms with Crippen molar-refractivity contribution in [3.63, 3.8) is 0 Å². The maximum Gasteiger partial charge on any atom is 0.228 e. The van der Waals surface area contributed by atoms with Crippen LogP contribution < -0.4 is 0 Å². The molecule has 5 heteroatoms. The lowest BCUT2D eigenvalue weighted by atomic mass is 9.98. The Balaban J connectivity index is 2.59. The summed E-state index contributed by atoms with van der Waals surface area (Å²) in [6.07, 6.45) is 2.03. The summed E-state index contributed by atoms with van der Waals surface area (Å²) in [4.78, 5) is 14.1. The van der Waals surface area contributed by atoms with Crippen LogP contribution >= 0.6 is 0 Å². The summed E-state index contributed by atoms with van der Waals surface area (Å²) >= 11 is 0. The van der Waals surface area contributed by atoms with Crippen LogP contribution in [-0.4, -0.2) is 50.3 Å². The maximum atomic E-state index is 12.4. The van der Waals surface area contributed by atoms with Crippen molar-refractivity contribution in [3.05, 3.63) is 0 Å². The molecule has 0 aromatic rings. The van der Waals surface area contributed by atoms with Gasteiger partial charge in [-0.1, -0.05) is 6.92 Å². The van der Waals surface area contributed by atoms with E-state index in [9.17, 15) is 4.79 Å². The molecule has 0 aromatic heterocycles. The molecule has 102 valence electrons. The van der Waals surface area contributed by atoms with Crippen LogP contribution in [0.3, 0.4) is 0 Å². The third-order valence-electron chi connectivity index (χ3n) is 3.30. The third-order valence-corrected chi connectivity index (χ3v) is 3.30. The van der Waals surface area contributed by atoms with Gasteiger partial charge in [-0.2, -0.15) is 5.26 Å². The highest BCUT2D eigenvalue weighted by Crippen LogP contribution is 2.25. The van der Waals surface area contributed by atoms with Crippen LogP contribution in [0.2, 0.25) is 0 Å². The van der Waals surface area contributed by atoms with Gasteiger partial charge in [-0.05, 0) is 12.8 Å². The van der Waals surface area contributed by atoms with Gasteiger partial charge in [0.2, 0.25) is 5.91 Å². The summed E-state index contributed by atoms with van der Waals surface area (Å²) in [5.74, 6) is 0.0530. The zero-order valence-electron chi connectivity index (χ0n) is 11.2. The zero-order chi connectivity index (χ0) is 13.4. The second-order valence-corrected chi connectivity index (χ2v) is 4.44. The highest BCUT2D eigenvalue weighted by atomic mass is 16.5. The Morgan fingerprint density at radius 3 is 2.94 bits per heavy atom. The molecular weight excluding hydrogens is 232 g/mol. The maximum absolute atomic E-state index is 12.4. The van der Waals surface area contributed by atoms with Gasteiger partial charge in [-0.15, -0.1) is 0 Å². The molecule has 2 atom stereocenters. The van der Waals surface area contributed by atoms with Crippen molar-refractivity contribution in [3.8, 4) is 6.07 Å². The Morgan fingerprint density at radius 1 is 1.56 bits per heavy atom. The average Bonchev–Trinajstić information content (AvgIpc) is 2.86. The first-order valence-electron chi connectivity index (χ1n) is 6.50. The predicted molar refractivity (Wildman–Crippen MR) is 66.8 cm³/mol. The van der Waals surface area contributed by atoms with E-state index in [1.807, 2.05) is 6.92 Å². The molecule has 0 radical (unpaired) electrons. The van der Waals surface area contributed by atoms with E-state index in [0.29, 0.717) is 32.7 Å². The number of ether oxygens (including phenoxy) is 2. The van der Waals surface area contributed by atoms with E-state index in [4.69, 9.17) is 14.7 Å². The van der Waals surface area contributed by atoms with Crippen LogP contribution in [0.1, 0.15) is 26.2 Å². The van der Waals surface area contributed by atoms with Gasteiger partial charge in [0.15, 0.2) is 0 Å². The van der Waals surface area contributed by atoms with Crippen LogP contribution in [0.4, 0.5) is 0 Å². The van der Waals surface area contributed by atoms with Crippen molar-refractivity contribution >= 4 is 5.91 Å². The largest absolute Gasteiger partial charge is 0.383 e. The molecule has 1 fully saturated rings. The molecule has 2 unspecified atom stereocenters. The molecule has 1 aliphatic rings. The summed E-state index contributed by atoms with van der Waals surface area (Å²) < 4.78 is 10.6. The number of nitrogens with zero attached hydrogens (tertiary/aromatic N) is 2. The van der Waals surface area contributed by atoms with Crippen molar-refractivity contribution in [1.29, 1.82) is 5.26 Å². The molecule has 18 heavy (non-hydrogen) atoms. The highest BCUT2D eigenvalue weighted by molar-refractivity contribution is 5.79. The van der Waals surface area contributed by atoms with Crippen molar-refractivity contribution in [2.45, 2.75) is 32.3 Å². The number of hydrogen-bond acceptors (Lipinski definition) is 4. The molecule has 1 saturated heterocycles. The Labute approximate surface area is 109 Å². The number of hydrogen-bond donors (Lipinski definition) is 0. The second-order valence-electron chi connectivity index (χ2n) is 4.44. The average molecular weight is 254 g/mol. The number of methoxy groups -OCH3 is 1. The van der Waals surface area contributed by atoms with E-state index in [-0.39, 0.29) is 17.9 Å². The topological polar surface area (TPSA) is 62.6 Å². The van der Waals surface area contributed by atoms with E-state index in [1.54, 1.807) is 12.0 Å². The standard InChI is InChI=1S/C13H22N2O3/c1-3-12-11(5-9-18-12)13(16)15(7-4-6-14)8-10-17-2/h11-12H,3-5,7-10H2,1-2H3. The fourth-order valence-corrected chi connectivity index (χ4v) is 2.29. The number of carbonyl (C=O) groups is 1. The van der Waals surface area contributed by atoms with Gasteiger partial charge in [0.1, 0.15) is 0 Å². The quantitative estimate of drug-likeness (QED) is 0.684. The summed E-state index contributed by atoms with van der Waals surface area (Å²) in [5, 5.41) is 8.64. The van der Waals surface area contributed by atoms with Crippen LogP contribution in [0.15, 0.2) is 0 Å². The van der Waals surface area contributed by atoms with Gasteiger partial charge in [0.25, 0.3) is 0 Å². The number of rotatable bonds is 7. The van der Waals surface area contributed by atoms with Crippen LogP contribution in [-0.2, 0) is 14.3 Å². The normalized spacial score (nSPS) is 22.7. The SMILES string of the molecule is CCC1OCCC1C(=O)N(CCC#N)CCOC. The second kappa shape index (κ2) is 8.06.